The molecule has 0 aromatic heterocycles. The molecule has 0 aliphatic carbocycles. The average molecular weight is 300 g/mol. The van der Waals surface area contributed by atoms with Crippen LogP contribution < -0.4 is 15.8 Å². The van der Waals surface area contributed by atoms with Gasteiger partial charge in [-0.25, -0.2) is 0 Å². The molecule has 1 amide bonds. The van der Waals surface area contributed by atoms with Crippen molar-refractivity contribution in [2.75, 3.05) is 6.61 Å². The van der Waals surface area contributed by atoms with E-state index in [2.05, 4.69) is 18.3 Å². The number of unbranched alkanes of at least 4 members (excludes halogenated alkanes) is 1. The lowest BCUT2D eigenvalue weighted by atomic mass is 9.93. The van der Waals surface area contributed by atoms with E-state index in [0.29, 0.717) is 30.0 Å². The van der Waals surface area contributed by atoms with E-state index >= 15 is 0 Å². The van der Waals surface area contributed by atoms with Crippen LogP contribution >= 0.6 is 0 Å². The minimum Gasteiger partial charge on any atom is -0.492 e. The number of rotatable bonds is 6. The molecule has 2 aliphatic heterocycles. The van der Waals surface area contributed by atoms with Crippen LogP contribution in [0.5, 0.6) is 5.75 Å². The van der Waals surface area contributed by atoms with E-state index in [0.717, 1.165) is 24.8 Å². The third kappa shape index (κ3) is 3.02. The molecular weight excluding hydrogens is 276 g/mol. The maximum absolute atomic E-state index is 11.7. The third-order valence-electron chi connectivity index (χ3n) is 4.52. The zero-order valence-corrected chi connectivity index (χ0v) is 13.1. The summed E-state index contributed by atoms with van der Waals surface area (Å²) >= 11 is 0. The molecule has 1 fully saturated rings. The Morgan fingerprint density at radius 3 is 3.00 bits per heavy atom. The van der Waals surface area contributed by atoms with Crippen LogP contribution in [0.2, 0.25) is 0 Å². The zero-order chi connectivity index (χ0) is 15.5. The molecule has 0 radical (unpaired) electrons. The molecule has 4 nitrogen and oxygen atoms in total. The number of hydrogen-bond donors (Lipinski definition) is 2. The van der Waals surface area contributed by atoms with Gasteiger partial charge in [-0.3, -0.25) is 4.79 Å². The van der Waals surface area contributed by atoms with Crippen molar-refractivity contribution in [2.45, 2.75) is 51.1 Å². The van der Waals surface area contributed by atoms with Gasteiger partial charge in [-0.2, -0.15) is 0 Å². The fraction of sp³-hybridized carbons (Fsp3) is 0.500. The van der Waals surface area contributed by atoms with Gasteiger partial charge >= 0.3 is 0 Å². The number of nitrogens with one attached hydrogen (secondary N) is 1. The molecule has 2 bridgehead atoms. The smallest absolute Gasteiger partial charge is 0.252 e. The number of nitrogens with two attached hydrogens (primary N) is 1. The number of ether oxygens (including phenoxy) is 1. The zero-order valence-electron chi connectivity index (χ0n) is 13.1. The fourth-order valence-corrected chi connectivity index (χ4v) is 3.38. The topological polar surface area (TPSA) is 64.3 Å². The highest BCUT2D eigenvalue weighted by molar-refractivity contribution is 5.97. The average Bonchev–Trinajstić information content (AvgIpc) is 2.85. The molecule has 1 aromatic rings. The van der Waals surface area contributed by atoms with E-state index in [1.54, 1.807) is 6.07 Å². The molecule has 2 heterocycles. The number of amides is 1. The van der Waals surface area contributed by atoms with Crippen LogP contribution in [-0.4, -0.2) is 24.6 Å². The molecule has 118 valence electrons. The van der Waals surface area contributed by atoms with Gasteiger partial charge in [0.25, 0.3) is 5.91 Å². The summed E-state index contributed by atoms with van der Waals surface area (Å²) in [6, 6.07) is 6.70. The Kier molecular flexibility index (Phi) is 4.48. The number of para-hydroxylation sites is 1. The van der Waals surface area contributed by atoms with Crippen LogP contribution in [0.25, 0.3) is 5.57 Å². The molecule has 3 rings (SSSR count). The van der Waals surface area contributed by atoms with Gasteiger partial charge in [0.1, 0.15) is 5.75 Å². The summed E-state index contributed by atoms with van der Waals surface area (Å²) in [5.41, 5.74) is 8.33. The molecule has 0 saturated carbocycles. The van der Waals surface area contributed by atoms with Crippen LogP contribution in [0.15, 0.2) is 24.3 Å². The van der Waals surface area contributed by atoms with E-state index in [-0.39, 0.29) is 0 Å². The van der Waals surface area contributed by atoms with E-state index in [9.17, 15) is 4.79 Å². The van der Waals surface area contributed by atoms with Crippen LogP contribution in [0.3, 0.4) is 0 Å². The number of benzene rings is 1. The summed E-state index contributed by atoms with van der Waals surface area (Å²) in [5.74, 6) is 0.238. The van der Waals surface area contributed by atoms with Gasteiger partial charge in [0.15, 0.2) is 0 Å². The quantitative estimate of drug-likeness (QED) is 0.794. The fourth-order valence-electron chi connectivity index (χ4n) is 3.38. The van der Waals surface area contributed by atoms with E-state index in [4.69, 9.17) is 10.5 Å². The Bertz CT molecular complexity index is 595. The summed E-state index contributed by atoms with van der Waals surface area (Å²) < 4.78 is 5.95. The van der Waals surface area contributed by atoms with Crippen LogP contribution in [-0.2, 0) is 0 Å². The Labute approximate surface area is 131 Å². The van der Waals surface area contributed by atoms with Crippen LogP contribution in [0.1, 0.15) is 54.9 Å². The SMILES string of the molecule is CCCCOc1c(C(N)=O)cccc1C1=C[C@H]2CC[C@@H](C1)N2. The minimum absolute atomic E-state index is 0.425. The van der Waals surface area contributed by atoms with Crippen LogP contribution in [0.4, 0.5) is 0 Å². The second kappa shape index (κ2) is 6.53. The first-order valence-electron chi connectivity index (χ1n) is 8.21. The molecule has 0 unspecified atom stereocenters. The predicted molar refractivity (Wildman–Crippen MR) is 87.9 cm³/mol. The van der Waals surface area contributed by atoms with Gasteiger partial charge in [0.05, 0.1) is 12.2 Å². The predicted octanol–water partition coefficient (Wildman–Crippen LogP) is 2.87. The van der Waals surface area contributed by atoms with Crippen molar-refractivity contribution >= 4 is 11.5 Å². The largest absolute Gasteiger partial charge is 0.492 e. The molecule has 1 aromatic carbocycles. The maximum atomic E-state index is 11.7. The van der Waals surface area contributed by atoms with Gasteiger partial charge in [-0.15, -0.1) is 0 Å². The van der Waals surface area contributed by atoms with E-state index in [1.165, 1.54) is 18.4 Å². The highest BCUT2D eigenvalue weighted by Crippen LogP contribution is 2.37. The molecule has 22 heavy (non-hydrogen) atoms. The number of carbonyl (C=O) groups is 1. The molecule has 2 atom stereocenters. The summed E-state index contributed by atoms with van der Waals surface area (Å²) in [5, 5.41) is 3.59. The van der Waals surface area contributed by atoms with Crippen molar-refractivity contribution in [1.29, 1.82) is 0 Å². The molecule has 1 saturated heterocycles. The van der Waals surface area contributed by atoms with Gasteiger partial charge in [-0.1, -0.05) is 31.6 Å². The summed E-state index contributed by atoms with van der Waals surface area (Å²) in [6.45, 7) is 2.74. The van der Waals surface area contributed by atoms with Gasteiger partial charge in [-0.05, 0) is 37.3 Å². The lowest BCUT2D eigenvalue weighted by Crippen LogP contribution is -2.32. The first-order valence-corrected chi connectivity index (χ1v) is 8.21. The molecular formula is C18H24N2O2. The first kappa shape index (κ1) is 15.1. The van der Waals surface area contributed by atoms with Crippen molar-refractivity contribution < 1.29 is 9.53 Å². The monoisotopic (exact) mass is 300 g/mol. The number of primary amides is 1. The molecule has 2 aliphatic rings. The second-order valence-electron chi connectivity index (χ2n) is 6.19. The summed E-state index contributed by atoms with van der Waals surface area (Å²) in [6.07, 6.45) is 7.71. The third-order valence-corrected chi connectivity index (χ3v) is 4.52. The second-order valence-corrected chi connectivity index (χ2v) is 6.19. The van der Waals surface area contributed by atoms with Crippen LogP contribution in [0, 0.1) is 0 Å². The minimum atomic E-state index is -0.425. The van der Waals surface area contributed by atoms with Gasteiger partial charge in [0, 0.05) is 17.6 Å². The number of fused-ring (bicyclic) bond motifs is 2. The number of hydrogen-bond acceptors (Lipinski definition) is 3. The maximum Gasteiger partial charge on any atom is 0.252 e. The standard InChI is InChI=1S/C18H24N2O2/c1-2-3-9-22-17-15(5-4-6-16(17)18(19)21)12-10-13-7-8-14(11-12)20-13/h4-6,10,13-14,20H,2-3,7-9,11H2,1H3,(H2,19,21)/t13-,14+/m1/s1. The van der Waals surface area contributed by atoms with Crippen molar-refractivity contribution in [2.24, 2.45) is 5.73 Å². The van der Waals surface area contributed by atoms with E-state index < -0.39 is 5.91 Å². The normalized spacial score (nSPS) is 23.2. The van der Waals surface area contributed by atoms with Crippen molar-refractivity contribution in [1.82, 2.24) is 5.32 Å². The Hall–Kier alpha value is -1.81. The molecule has 3 N–H and O–H groups in total. The highest BCUT2D eigenvalue weighted by Gasteiger charge is 2.29. The van der Waals surface area contributed by atoms with Crippen molar-refractivity contribution in [3.05, 3.63) is 35.4 Å². The molecule has 0 spiro atoms. The van der Waals surface area contributed by atoms with Gasteiger partial charge in [0.2, 0.25) is 0 Å². The summed E-state index contributed by atoms with van der Waals surface area (Å²) in [7, 11) is 0. The Morgan fingerprint density at radius 1 is 1.41 bits per heavy atom. The lowest BCUT2D eigenvalue weighted by Gasteiger charge is -2.24. The first-order chi connectivity index (χ1) is 10.7. The Morgan fingerprint density at radius 2 is 2.27 bits per heavy atom. The van der Waals surface area contributed by atoms with Crippen molar-refractivity contribution in [3.63, 3.8) is 0 Å². The summed E-state index contributed by atoms with van der Waals surface area (Å²) in [4.78, 5) is 11.7. The highest BCUT2D eigenvalue weighted by atomic mass is 16.5. The Balaban J connectivity index is 1.95. The number of carbonyl (C=O) groups excluding carboxylic acids is 1. The van der Waals surface area contributed by atoms with Gasteiger partial charge < -0.3 is 15.8 Å². The van der Waals surface area contributed by atoms with Crippen molar-refractivity contribution in [3.8, 4) is 5.75 Å². The van der Waals surface area contributed by atoms with E-state index in [1.807, 2.05) is 12.1 Å². The lowest BCUT2D eigenvalue weighted by molar-refractivity contribution is 0.0996. The molecule has 4 heteroatoms.